The molecule has 0 saturated carbocycles. The molecule has 0 N–H and O–H groups in total. The summed E-state index contributed by atoms with van der Waals surface area (Å²) in [5.74, 6) is 0.706. The lowest BCUT2D eigenvalue weighted by Gasteiger charge is -2.23. The number of hydrogen-bond acceptors (Lipinski definition) is 2. The number of nitrogens with zero attached hydrogens (tertiary/aromatic N) is 4. The molecule has 4 heteroatoms. The minimum Gasteiger partial charge on any atom is -0.309 e. The molecule has 1 aliphatic rings. The quantitative estimate of drug-likeness (QED) is 0.175. The van der Waals surface area contributed by atoms with Crippen molar-refractivity contribution in [2.75, 3.05) is 0 Å². The van der Waals surface area contributed by atoms with Crippen molar-refractivity contribution in [3.05, 3.63) is 205 Å². The van der Waals surface area contributed by atoms with Crippen LogP contribution in [0.1, 0.15) is 25.0 Å². The zero-order chi connectivity index (χ0) is 39.2. The van der Waals surface area contributed by atoms with Gasteiger partial charge in [0, 0.05) is 60.6 Å². The molecule has 0 amide bonds. The summed E-state index contributed by atoms with van der Waals surface area (Å²) in [4.78, 5) is 10.3. The van der Waals surface area contributed by atoms with Gasteiger partial charge >= 0.3 is 0 Å². The Hall–Kier alpha value is -7.56. The maximum absolute atomic E-state index is 5.24. The third-order valence-electron chi connectivity index (χ3n) is 12.5. The Labute approximate surface area is 342 Å². The zero-order valence-electron chi connectivity index (χ0n) is 32.8. The Bertz CT molecular complexity index is 3390. The van der Waals surface area contributed by atoms with Gasteiger partial charge in [0.15, 0.2) is 5.82 Å². The molecule has 0 fully saturated rings. The van der Waals surface area contributed by atoms with Crippen LogP contribution in [0.5, 0.6) is 0 Å². The van der Waals surface area contributed by atoms with Gasteiger partial charge in [-0.15, -0.1) is 0 Å². The minimum absolute atomic E-state index is 0.254. The fourth-order valence-corrected chi connectivity index (χ4v) is 9.94. The van der Waals surface area contributed by atoms with E-state index in [0.29, 0.717) is 5.82 Å². The molecule has 0 aliphatic heterocycles. The summed E-state index contributed by atoms with van der Waals surface area (Å²) < 4.78 is 5.03. The van der Waals surface area contributed by atoms with Crippen LogP contribution in [0.15, 0.2) is 194 Å². The van der Waals surface area contributed by atoms with Crippen LogP contribution in [0.25, 0.3) is 100 Å². The molecule has 3 heterocycles. The highest BCUT2D eigenvalue weighted by Gasteiger charge is 2.41. The van der Waals surface area contributed by atoms with E-state index in [1.165, 1.54) is 65.9 Å². The summed E-state index contributed by atoms with van der Waals surface area (Å²) in [6, 6.07) is 69.6. The van der Waals surface area contributed by atoms with E-state index in [9.17, 15) is 0 Å². The van der Waals surface area contributed by atoms with Gasteiger partial charge in [0.05, 0.1) is 33.5 Å². The molecule has 0 bridgehead atoms. The molecular weight excluding hydrogens is 717 g/mol. The molecule has 11 aromatic rings. The predicted molar refractivity (Wildman–Crippen MR) is 245 cm³/mol. The lowest BCUT2D eigenvalue weighted by Crippen LogP contribution is -2.15. The van der Waals surface area contributed by atoms with Crippen LogP contribution in [-0.4, -0.2) is 19.1 Å². The van der Waals surface area contributed by atoms with Crippen LogP contribution in [0.3, 0.4) is 0 Å². The highest BCUT2D eigenvalue weighted by Crippen LogP contribution is 2.58. The van der Waals surface area contributed by atoms with E-state index in [1.807, 2.05) is 24.3 Å². The molecule has 0 unspecified atom stereocenters. The highest BCUT2D eigenvalue weighted by molar-refractivity contribution is 6.31. The SMILES string of the molecule is CC1(C)c2ccccc2-c2c1c1c3ccccc3n(-c3cccc(-c4cc(-c5ccccc5)nc(-c5ccccc5)n4)c3)c1c1c3ccccc3n(-c3ccccc3)c21. The molecule has 1 aliphatic carbocycles. The number of fused-ring (bicyclic) bond motifs is 12. The normalized spacial score (nSPS) is 13.1. The van der Waals surface area contributed by atoms with Crippen molar-refractivity contribution in [2.45, 2.75) is 19.3 Å². The van der Waals surface area contributed by atoms with Crippen LogP contribution >= 0.6 is 0 Å². The molecule has 278 valence electrons. The second-order valence-electron chi connectivity index (χ2n) is 16.2. The highest BCUT2D eigenvalue weighted by atomic mass is 15.0. The third-order valence-corrected chi connectivity index (χ3v) is 12.5. The molecule has 12 rings (SSSR count). The minimum atomic E-state index is -0.254. The number of benzene rings is 8. The summed E-state index contributed by atoms with van der Waals surface area (Å²) in [6.45, 7) is 4.82. The maximum Gasteiger partial charge on any atom is 0.160 e. The standard InChI is InChI=1S/C55H38N4/c1-55(2)43-30-15-12-27-40(43)48-51(55)49-41-28-13-16-31-46(41)59(53(49)50-42-29-14-17-32-47(42)58(52(48)50)38-24-10-5-11-25-38)39-26-18-23-37(33-39)45-34-44(35-19-6-3-7-20-35)56-54(57-45)36-21-8-4-9-22-36/h3-34H,1-2H3. The van der Waals surface area contributed by atoms with Gasteiger partial charge in [0.1, 0.15) is 0 Å². The van der Waals surface area contributed by atoms with Crippen LogP contribution in [0.2, 0.25) is 0 Å². The maximum atomic E-state index is 5.24. The van der Waals surface area contributed by atoms with Gasteiger partial charge in [-0.05, 0) is 59.2 Å². The van der Waals surface area contributed by atoms with Crippen molar-refractivity contribution in [3.63, 3.8) is 0 Å². The molecule has 0 spiro atoms. The fourth-order valence-electron chi connectivity index (χ4n) is 9.94. The summed E-state index contributed by atoms with van der Waals surface area (Å²) in [6.07, 6.45) is 0. The van der Waals surface area contributed by atoms with Gasteiger partial charge in [-0.1, -0.05) is 166 Å². The van der Waals surface area contributed by atoms with Crippen LogP contribution < -0.4 is 0 Å². The molecule has 0 saturated heterocycles. The largest absolute Gasteiger partial charge is 0.309 e. The third kappa shape index (κ3) is 4.90. The number of para-hydroxylation sites is 3. The Morgan fingerprint density at radius 1 is 0.424 bits per heavy atom. The van der Waals surface area contributed by atoms with Crippen LogP contribution in [-0.2, 0) is 5.41 Å². The smallest absolute Gasteiger partial charge is 0.160 e. The van der Waals surface area contributed by atoms with E-state index in [-0.39, 0.29) is 5.41 Å². The number of hydrogen-bond donors (Lipinski definition) is 0. The van der Waals surface area contributed by atoms with Gasteiger partial charge in [-0.25, -0.2) is 9.97 Å². The lowest BCUT2D eigenvalue weighted by atomic mass is 9.80. The van der Waals surface area contributed by atoms with Crippen molar-refractivity contribution in [1.82, 2.24) is 19.1 Å². The molecule has 4 nitrogen and oxygen atoms in total. The summed E-state index contributed by atoms with van der Waals surface area (Å²) in [5.41, 5.74) is 17.0. The zero-order valence-corrected chi connectivity index (χ0v) is 32.8. The molecule has 59 heavy (non-hydrogen) atoms. The molecule has 0 atom stereocenters. The Kier molecular flexibility index (Phi) is 7.24. The Morgan fingerprint density at radius 2 is 0.949 bits per heavy atom. The first-order chi connectivity index (χ1) is 29.1. The van der Waals surface area contributed by atoms with E-state index >= 15 is 0 Å². The van der Waals surface area contributed by atoms with Crippen molar-refractivity contribution in [3.8, 4) is 56.4 Å². The second kappa shape index (κ2) is 12.7. The van der Waals surface area contributed by atoms with E-state index in [4.69, 9.17) is 9.97 Å². The summed E-state index contributed by atoms with van der Waals surface area (Å²) in [5, 5.41) is 5.05. The van der Waals surface area contributed by atoms with Gasteiger partial charge in [-0.3, -0.25) is 0 Å². The topological polar surface area (TPSA) is 35.6 Å². The predicted octanol–water partition coefficient (Wildman–Crippen LogP) is 14.0. The van der Waals surface area contributed by atoms with Crippen molar-refractivity contribution in [2.24, 2.45) is 0 Å². The van der Waals surface area contributed by atoms with Gasteiger partial charge in [-0.2, -0.15) is 0 Å². The van der Waals surface area contributed by atoms with Gasteiger partial charge < -0.3 is 9.13 Å². The first-order valence-corrected chi connectivity index (χ1v) is 20.3. The van der Waals surface area contributed by atoms with E-state index in [1.54, 1.807) is 0 Å². The summed E-state index contributed by atoms with van der Waals surface area (Å²) >= 11 is 0. The first-order valence-electron chi connectivity index (χ1n) is 20.3. The van der Waals surface area contributed by atoms with Gasteiger partial charge in [0.25, 0.3) is 0 Å². The second-order valence-corrected chi connectivity index (χ2v) is 16.2. The number of rotatable bonds is 5. The molecule has 3 aromatic heterocycles. The van der Waals surface area contributed by atoms with Crippen molar-refractivity contribution < 1.29 is 0 Å². The van der Waals surface area contributed by atoms with Crippen molar-refractivity contribution >= 4 is 43.6 Å². The van der Waals surface area contributed by atoms with Gasteiger partial charge in [0.2, 0.25) is 0 Å². The van der Waals surface area contributed by atoms with Crippen LogP contribution in [0.4, 0.5) is 0 Å². The molecule has 0 radical (unpaired) electrons. The number of aromatic nitrogens is 4. The Morgan fingerprint density at radius 3 is 1.66 bits per heavy atom. The molecular formula is C55H38N4. The van der Waals surface area contributed by atoms with E-state index < -0.39 is 0 Å². The average molecular weight is 755 g/mol. The molecule has 8 aromatic carbocycles. The summed E-state index contributed by atoms with van der Waals surface area (Å²) in [7, 11) is 0. The lowest BCUT2D eigenvalue weighted by molar-refractivity contribution is 0.667. The van der Waals surface area contributed by atoms with E-state index in [0.717, 1.165) is 39.5 Å². The Balaban J connectivity index is 1.22. The van der Waals surface area contributed by atoms with Crippen molar-refractivity contribution in [1.29, 1.82) is 0 Å². The fraction of sp³-hybridized carbons (Fsp3) is 0.0545. The first kappa shape index (κ1) is 33.6. The van der Waals surface area contributed by atoms with Crippen LogP contribution in [0, 0.1) is 0 Å². The van der Waals surface area contributed by atoms with E-state index in [2.05, 4.69) is 193 Å². The monoisotopic (exact) mass is 754 g/mol. The average Bonchev–Trinajstić information content (AvgIpc) is 3.90.